The topological polar surface area (TPSA) is 3.24 Å². The SMILES string of the molecule is C=Cc1ccc(-c2ccc(N(c3ccc(-c4cccc5c4sc4ccccc45)cc3)c3ccc4cc(-c5ccc6sc7ccccc7c6c5)ccc4c3)cc2)cc1. The first-order chi connectivity index (χ1) is 28.2. The van der Waals surface area contributed by atoms with Gasteiger partial charge >= 0.3 is 0 Å². The van der Waals surface area contributed by atoms with Crippen molar-refractivity contribution in [3.63, 3.8) is 0 Å². The number of anilines is 3. The number of benzene rings is 9. The first-order valence-electron chi connectivity index (χ1n) is 19.3. The highest BCUT2D eigenvalue weighted by atomic mass is 32.1. The van der Waals surface area contributed by atoms with Gasteiger partial charge in [0.2, 0.25) is 0 Å². The quantitative estimate of drug-likeness (QED) is 0.156. The molecule has 0 aliphatic rings. The van der Waals surface area contributed by atoms with E-state index in [2.05, 4.69) is 206 Å². The van der Waals surface area contributed by atoms with Gasteiger partial charge in [-0.05, 0) is 116 Å². The van der Waals surface area contributed by atoms with Crippen molar-refractivity contribution in [3.8, 4) is 33.4 Å². The molecule has 1 nitrogen and oxygen atoms in total. The van der Waals surface area contributed by atoms with Crippen LogP contribution in [0.1, 0.15) is 5.56 Å². The fourth-order valence-electron chi connectivity index (χ4n) is 8.28. The van der Waals surface area contributed by atoms with Gasteiger partial charge in [0.05, 0.1) is 0 Å². The van der Waals surface area contributed by atoms with E-state index in [1.807, 2.05) is 28.7 Å². The Hall–Kier alpha value is -6.78. The zero-order valence-corrected chi connectivity index (χ0v) is 32.7. The summed E-state index contributed by atoms with van der Waals surface area (Å²) in [5.41, 5.74) is 11.8. The Labute approximate surface area is 339 Å². The molecule has 2 aromatic heterocycles. The van der Waals surface area contributed by atoms with E-state index in [9.17, 15) is 0 Å². The standard InChI is InChI=1S/C54H35NS2/c1-2-35-14-16-36(17-15-35)37-20-26-43(27-21-37)55(44-28-22-38(23-29-44)46-10-7-11-49-47-8-3-6-13-52(47)57-54(46)49)45-30-24-40-32-39(18-19-41(40)33-45)42-25-31-53-50(34-42)48-9-4-5-12-51(48)56-53/h2-34H,1H2. The Bertz CT molecular complexity index is 3290. The van der Waals surface area contributed by atoms with Crippen molar-refractivity contribution in [2.45, 2.75) is 0 Å². The Kier molecular flexibility index (Phi) is 8.10. The zero-order valence-electron chi connectivity index (χ0n) is 31.0. The van der Waals surface area contributed by atoms with Crippen LogP contribution in [0.25, 0.3) is 90.6 Å². The molecule has 3 heteroatoms. The second-order valence-electron chi connectivity index (χ2n) is 14.6. The van der Waals surface area contributed by atoms with Crippen molar-refractivity contribution in [1.29, 1.82) is 0 Å². The third-order valence-corrected chi connectivity index (χ3v) is 13.6. The summed E-state index contributed by atoms with van der Waals surface area (Å²) in [6, 6.07) is 71.3. The molecule has 0 spiro atoms. The molecule has 0 aliphatic heterocycles. The van der Waals surface area contributed by atoms with Gasteiger partial charge in [0.25, 0.3) is 0 Å². The van der Waals surface area contributed by atoms with Crippen molar-refractivity contribution in [2.24, 2.45) is 0 Å². The molecule has 0 bridgehead atoms. The average molecular weight is 762 g/mol. The fraction of sp³-hybridized carbons (Fsp3) is 0. The summed E-state index contributed by atoms with van der Waals surface area (Å²) in [5, 5.41) is 7.71. The van der Waals surface area contributed by atoms with Gasteiger partial charge in [0.1, 0.15) is 0 Å². The lowest BCUT2D eigenvalue weighted by molar-refractivity contribution is 1.29. The van der Waals surface area contributed by atoms with Crippen LogP contribution in [0.15, 0.2) is 201 Å². The van der Waals surface area contributed by atoms with Crippen LogP contribution in [0.2, 0.25) is 0 Å². The summed E-state index contributed by atoms with van der Waals surface area (Å²) < 4.78 is 5.32. The number of rotatable bonds is 7. The Morgan fingerprint density at radius 3 is 1.63 bits per heavy atom. The number of nitrogens with zero attached hydrogens (tertiary/aromatic N) is 1. The van der Waals surface area contributed by atoms with Crippen molar-refractivity contribution in [3.05, 3.63) is 206 Å². The summed E-state index contributed by atoms with van der Waals surface area (Å²) in [6.45, 7) is 3.92. The van der Waals surface area contributed by atoms with Crippen LogP contribution >= 0.6 is 22.7 Å². The van der Waals surface area contributed by atoms with Crippen LogP contribution in [0.5, 0.6) is 0 Å². The molecule has 0 aliphatic carbocycles. The van der Waals surface area contributed by atoms with Gasteiger partial charge in [-0.15, -0.1) is 22.7 Å². The molecular weight excluding hydrogens is 727 g/mol. The summed E-state index contributed by atoms with van der Waals surface area (Å²) in [4.78, 5) is 2.37. The highest BCUT2D eigenvalue weighted by Gasteiger charge is 2.16. The Balaban J connectivity index is 0.983. The largest absolute Gasteiger partial charge is 0.310 e. The van der Waals surface area contributed by atoms with Crippen LogP contribution < -0.4 is 4.90 Å². The number of hydrogen-bond donors (Lipinski definition) is 0. The maximum atomic E-state index is 3.92. The van der Waals surface area contributed by atoms with Crippen LogP contribution in [-0.4, -0.2) is 0 Å². The molecule has 0 amide bonds. The van der Waals surface area contributed by atoms with Crippen molar-refractivity contribution in [2.75, 3.05) is 4.90 Å². The number of hydrogen-bond acceptors (Lipinski definition) is 3. The van der Waals surface area contributed by atoms with Crippen LogP contribution in [0, 0.1) is 0 Å². The van der Waals surface area contributed by atoms with E-state index in [0.717, 1.165) is 22.6 Å². The molecule has 0 saturated carbocycles. The molecule has 2 heterocycles. The molecule has 57 heavy (non-hydrogen) atoms. The highest BCUT2D eigenvalue weighted by molar-refractivity contribution is 7.26. The molecule has 0 N–H and O–H groups in total. The number of fused-ring (bicyclic) bond motifs is 7. The van der Waals surface area contributed by atoms with Crippen LogP contribution in [0.3, 0.4) is 0 Å². The predicted octanol–water partition coefficient (Wildman–Crippen LogP) is 16.7. The molecule has 11 rings (SSSR count). The molecule has 0 atom stereocenters. The highest BCUT2D eigenvalue weighted by Crippen LogP contribution is 2.43. The van der Waals surface area contributed by atoms with Gasteiger partial charge in [-0.1, -0.05) is 140 Å². The monoisotopic (exact) mass is 761 g/mol. The van der Waals surface area contributed by atoms with Crippen LogP contribution in [-0.2, 0) is 0 Å². The zero-order chi connectivity index (χ0) is 37.9. The van der Waals surface area contributed by atoms with E-state index in [-0.39, 0.29) is 0 Å². The first kappa shape index (κ1) is 33.5. The van der Waals surface area contributed by atoms with E-state index in [1.54, 1.807) is 0 Å². The van der Waals surface area contributed by atoms with Gasteiger partial charge in [-0.2, -0.15) is 0 Å². The minimum absolute atomic E-state index is 1.10. The van der Waals surface area contributed by atoms with Gasteiger partial charge in [0.15, 0.2) is 0 Å². The second kappa shape index (κ2) is 13.8. The number of thiophene rings is 2. The lowest BCUT2D eigenvalue weighted by Crippen LogP contribution is -2.09. The summed E-state index contributed by atoms with van der Waals surface area (Å²) in [7, 11) is 0. The summed E-state index contributed by atoms with van der Waals surface area (Å²) >= 11 is 3.74. The third kappa shape index (κ3) is 5.91. The van der Waals surface area contributed by atoms with Gasteiger partial charge in [-0.3, -0.25) is 0 Å². The van der Waals surface area contributed by atoms with E-state index >= 15 is 0 Å². The molecule has 11 aromatic rings. The predicted molar refractivity (Wildman–Crippen MR) is 251 cm³/mol. The summed E-state index contributed by atoms with van der Waals surface area (Å²) in [6.07, 6.45) is 1.88. The first-order valence-corrected chi connectivity index (χ1v) is 20.9. The van der Waals surface area contributed by atoms with Gasteiger partial charge in [0, 0.05) is 57.4 Å². The lowest BCUT2D eigenvalue weighted by atomic mass is 9.99. The lowest BCUT2D eigenvalue weighted by Gasteiger charge is -2.26. The molecule has 9 aromatic carbocycles. The van der Waals surface area contributed by atoms with E-state index in [0.29, 0.717) is 0 Å². The molecule has 0 fully saturated rings. The maximum Gasteiger partial charge on any atom is 0.0468 e. The molecule has 0 radical (unpaired) electrons. The Morgan fingerprint density at radius 2 is 0.895 bits per heavy atom. The fourth-order valence-corrected chi connectivity index (χ4v) is 10.6. The smallest absolute Gasteiger partial charge is 0.0468 e. The summed E-state index contributed by atoms with van der Waals surface area (Å²) in [5.74, 6) is 0. The van der Waals surface area contributed by atoms with E-state index < -0.39 is 0 Å². The van der Waals surface area contributed by atoms with Gasteiger partial charge < -0.3 is 4.90 Å². The van der Waals surface area contributed by atoms with E-state index in [4.69, 9.17) is 0 Å². The minimum Gasteiger partial charge on any atom is -0.310 e. The minimum atomic E-state index is 1.10. The molecule has 268 valence electrons. The van der Waals surface area contributed by atoms with Crippen LogP contribution in [0.4, 0.5) is 17.1 Å². The van der Waals surface area contributed by atoms with Crippen molar-refractivity contribution in [1.82, 2.24) is 0 Å². The normalized spacial score (nSPS) is 11.6. The van der Waals surface area contributed by atoms with Crippen molar-refractivity contribution >= 4 is 96.9 Å². The van der Waals surface area contributed by atoms with Gasteiger partial charge in [-0.25, -0.2) is 0 Å². The second-order valence-corrected chi connectivity index (χ2v) is 16.7. The molecule has 0 unspecified atom stereocenters. The van der Waals surface area contributed by atoms with Crippen molar-refractivity contribution < 1.29 is 0 Å². The Morgan fingerprint density at radius 1 is 0.368 bits per heavy atom. The average Bonchev–Trinajstić information content (AvgIpc) is 3.85. The van der Waals surface area contributed by atoms with E-state index in [1.165, 1.54) is 84.5 Å². The third-order valence-electron chi connectivity index (χ3n) is 11.2. The molecular formula is C54H35NS2. The molecule has 0 saturated heterocycles. The maximum absolute atomic E-state index is 3.92.